The normalized spacial score (nSPS) is 10.4. The number of aryl methyl sites for hydroxylation is 1. The lowest BCUT2D eigenvalue weighted by Gasteiger charge is -2.19. The SMILES string of the molecule is CN(CC(=O)NCCCn1cccn1)c1ccc(Oc2ccccc2)cc1. The van der Waals surface area contributed by atoms with Crippen LogP contribution in [0.1, 0.15) is 6.42 Å². The lowest BCUT2D eigenvalue weighted by Crippen LogP contribution is -2.35. The Morgan fingerprint density at radius 1 is 1.07 bits per heavy atom. The third-order valence-electron chi connectivity index (χ3n) is 4.08. The number of amides is 1. The van der Waals surface area contributed by atoms with E-state index in [1.54, 1.807) is 6.20 Å². The van der Waals surface area contributed by atoms with Gasteiger partial charge in [-0.2, -0.15) is 5.10 Å². The van der Waals surface area contributed by atoms with Gasteiger partial charge in [-0.3, -0.25) is 9.48 Å². The maximum Gasteiger partial charge on any atom is 0.239 e. The molecule has 27 heavy (non-hydrogen) atoms. The first-order valence-electron chi connectivity index (χ1n) is 8.99. The van der Waals surface area contributed by atoms with Crippen molar-refractivity contribution in [1.82, 2.24) is 15.1 Å². The van der Waals surface area contributed by atoms with Crippen molar-refractivity contribution < 1.29 is 9.53 Å². The van der Waals surface area contributed by atoms with E-state index in [0.29, 0.717) is 13.1 Å². The molecule has 1 amide bonds. The molecule has 3 rings (SSSR count). The summed E-state index contributed by atoms with van der Waals surface area (Å²) in [6.07, 6.45) is 4.52. The summed E-state index contributed by atoms with van der Waals surface area (Å²) in [5.74, 6) is 1.57. The number of aromatic nitrogens is 2. The zero-order valence-electron chi connectivity index (χ0n) is 15.4. The summed E-state index contributed by atoms with van der Waals surface area (Å²) in [6.45, 7) is 1.74. The van der Waals surface area contributed by atoms with Crippen molar-refractivity contribution in [2.24, 2.45) is 0 Å². The summed E-state index contributed by atoms with van der Waals surface area (Å²) in [4.78, 5) is 14.0. The van der Waals surface area contributed by atoms with Crippen molar-refractivity contribution in [3.63, 3.8) is 0 Å². The minimum absolute atomic E-state index is 0.00239. The quantitative estimate of drug-likeness (QED) is 0.592. The van der Waals surface area contributed by atoms with Crippen LogP contribution in [0.15, 0.2) is 73.1 Å². The van der Waals surface area contributed by atoms with E-state index in [9.17, 15) is 4.79 Å². The van der Waals surface area contributed by atoms with Crippen LogP contribution in [0.25, 0.3) is 0 Å². The Morgan fingerprint density at radius 2 is 1.81 bits per heavy atom. The molecular formula is C21H24N4O2. The molecule has 0 spiro atoms. The van der Waals surface area contributed by atoms with Gasteiger partial charge >= 0.3 is 0 Å². The summed E-state index contributed by atoms with van der Waals surface area (Å²) < 4.78 is 7.64. The zero-order valence-corrected chi connectivity index (χ0v) is 15.4. The lowest BCUT2D eigenvalue weighted by molar-refractivity contribution is -0.119. The van der Waals surface area contributed by atoms with E-state index in [1.807, 2.05) is 83.5 Å². The first kappa shape index (κ1) is 18.5. The number of nitrogens with zero attached hydrogens (tertiary/aromatic N) is 3. The van der Waals surface area contributed by atoms with Gasteiger partial charge in [0.2, 0.25) is 5.91 Å². The summed E-state index contributed by atoms with van der Waals surface area (Å²) in [5.41, 5.74) is 0.960. The minimum Gasteiger partial charge on any atom is -0.457 e. The van der Waals surface area contributed by atoms with Crippen LogP contribution >= 0.6 is 0 Å². The van der Waals surface area contributed by atoms with Crippen molar-refractivity contribution in [2.45, 2.75) is 13.0 Å². The van der Waals surface area contributed by atoms with Crippen molar-refractivity contribution >= 4 is 11.6 Å². The number of carbonyl (C=O) groups is 1. The van der Waals surface area contributed by atoms with Crippen molar-refractivity contribution in [3.05, 3.63) is 73.1 Å². The van der Waals surface area contributed by atoms with Crippen molar-refractivity contribution in [2.75, 3.05) is 25.0 Å². The molecule has 6 nitrogen and oxygen atoms in total. The molecule has 0 radical (unpaired) electrons. The van der Waals surface area contributed by atoms with Gasteiger partial charge in [0.25, 0.3) is 0 Å². The van der Waals surface area contributed by atoms with E-state index < -0.39 is 0 Å². The molecule has 3 aromatic rings. The molecule has 0 aliphatic rings. The second kappa shape index (κ2) is 9.43. The Morgan fingerprint density at radius 3 is 2.52 bits per heavy atom. The molecule has 1 heterocycles. The van der Waals surface area contributed by atoms with Gasteiger partial charge in [-0.25, -0.2) is 0 Å². The molecule has 0 atom stereocenters. The van der Waals surface area contributed by atoms with E-state index >= 15 is 0 Å². The van der Waals surface area contributed by atoms with Gasteiger partial charge in [0.15, 0.2) is 0 Å². The Bertz CT molecular complexity index is 817. The number of benzene rings is 2. The fourth-order valence-corrected chi connectivity index (χ4v) is 2.66. The number of hydrogen-bond donors (Lipinski definition) is 1. The molecule has 2 aromatic carbocycles. The van der Waals surface area contributed by atoms with Gasteiger partial charge in [-0.15, -0.1) is 0 Å². The first-order valence-corrected chi connectivity index (χ1v) is 8.99. The third kappa shape index (κ3) is 5.88. The predicted molar refractivity (Wildman–Crippen MR) is 106 cm³/mol. The summed E-state index contributed by atoms with van der Waals surface area (Å²) in [6, 6.07) is 19.2. The lowest BCUT2D eigenvalue weighted by atomic mass is 10.2. The van der Waals surface area contributed by atoms with Crippen molar-refractivity contribution in [3.8, 4) is 11.5 Å². The van der Waals surface area contributed by atoms with E-state index in [0.717, 1.165) is 30.2 Å². The fourth-order valence-electron chi connectivity index (χ4n) is 2.66. The molecule has 0 bridgehead atoms. The second-order valence-corrected chi connectivity index (χ2v) is 6.24. The number of rotatable bonds is 9. The Kier molecular flexibility index (Phi) is 6.46. The van der Waals surface area contributed by atoms with Crippen LogP contribution in [0.5, 0.6) is 11.5 Å². The number of para-hydroxylation sites is 1. The average molecular weight is 364 g/mol. The number of likely N-dealkylation sites (N-methyl/N-ethyl adjacent to an activating group) is 1. The number of hydrogen-bond acceptors (Lipinski definition) is 4. The van der Waals surface area contributed by atoms with Crippen LogP contribution in [-0.4, -0.2) is 35.8 Å². The summed E-state index contributed by atoms with van der Waals surface area (Å²) >= 11 is 0. The van der Waals surface area contributed by atoms with E-state index in [-0.39, 0.29) is 5.91 Å². The van der Waals surface area contributed by atoms with E-state index in [4.69, 9.17) is 4.74 Å². The molecule has 0 fully saturated rings. The molecule has 0 saturated carbocycles. The molecule has 0 unspecified atom stereocenters. The van der Waals surface area contributed by atoms with Crippen LogP contribution in [-0.2, 0) is 11.3 Å². The highest BCUT2D eigenvalue weighted by Crippen LogP contribution is 2.23. The molecule has 0 aliphatic carbocycles. The highest BCUT2D eigenvalue weighted by Gasteiger charge is 2.07. The summed E-state index contributed by atoms with van der Waals surface area (Å²) in [7, 11) is 1.90. The van der Waals surface area contributed by atoms with Gasteiger partial charge in [0.1, 0.15) is 11.5 Å². The highest BCUT2D eigenvalue weighted by atomic mass is 16.5. The highest BCUT2D eigenvalue weighted by molar-refractivity contribution is 5.81. The van der Waals surface area contributed by atoms with Gasteiger partial charge in [-0.1, -0.05) is 18.2 Å². The second-order valence-electron chi connectivity index (χ2n) is 6.24. The number of anilines is 1. The predicted octanol–water partition coefficient (Wildman–Crippen LogP) is 3.32. The fraction of sp³-hybridized carbons (Fsp3) is 0.238. The Hall–Kier alpha value is -3.28. The monoisotopic (exact) mass is 364 g/mol. The molecule has 140 valence electrons. The number of nitrogens with one attached hydrogen (secondary N) is 1. The van der Waals surface area contributed by atoms with Crippen LogP contribution in [0.2, 0.25) is 0 Å². The smallest absolute Gasteiger partial charge is 0.239 e. The van der Waals surface area contributed by atoms with E-state index in [1.165, 1.54) is 0 Å². The van der Waals surface area contributed by atoms with Crippen LogP contribution in [0.4, 0.5) is 5.69 Å². The summed E-state index contributed by atoms with van der Waals surface area (Å²) in [5, 5.41) is 7.08. The average Bonchev–Trinajstić information content (AvgIpc) is 3.20. The first-order chi connectivity index (χ1) is 13.2. The van der Waals surface area contributed by atoms with Crippen LogP contribution < -0.4 is 15.0 Å². The maximum absolute atomic E-state index is 12.1. The Labute approximate surface area is 159 Å². The van der Waals surface area contributed by atoms with Gasteiger partial charge in [0.05, 0.1) is 6.54 Å². The molecule has 1 N–H and O–H groups in total. The topological polar surface area (TPSA) is 59.4 Å². The number of ether oxygens (including phenoxy) is 1. The maximum atomic E-state index is 12.1. The van der Waals surface area contributed by atoms with Crippen LogP contribution in [0.3, 0.4) is 0 Å². The van der Waals surface area contributed by atoms with Crippen LogP contribution in [0, 0.1) is 0 Å². The molecule has 1 aromatic heterocycles. The van der Waals surface area contributed by atoms with Gasteiger partial charge in [-0.05, 0) is 48.9 Å². The standard InChI is InChI=1S/C21H24N4O2/c1-24(17-21(26)22-13-5-15-25-16-6-14-23-25)18-9-11-20(12-10-18)27-19-7-3-2-4-8-19/h2-4,6-12,14,16H,5,13,15,17H2,1H3,(H,22,26). The molecular weight excluding hydrogens is 340 g/mol. The molecule has 6 heteroatoms. The van der Waals surface area contributed by atoms with Gasteiger partial charge < -0.3 is 15.0 Å². The molecule has 0 saturated heterocycles. The third-order valence-corrected chi connectivity index (χ3v) is 4.08. The number of carbonyl (C=O) groups excluding carboxylic acids is 1. The van der Waals surface area contributed by atoms with E-state index in [2.05, 4.69) is 10.4 Å². The Balaban J connectivity index is 1.41. The van der Waals surface area contributed by atoms with Crippen molar-refractivity contribution in [1.29, 1.82) is 0 Å². The van der Waals surface area contributed by atoms with Gasteiger partial charge in [0, 0.05) is 38.2 Å². The molecule has 0 aliphatic heterocycles. The minimum atomic E-state index is 0.00239. The largest absolute Gasteiger partial charge is 0.457 e. The zero-order chi connectivity index (χ0) is 18.9.